The Labute approximate surface area is 151 Å². The van der Waals surface area contributed by atoms with Gasteiger partial charge in [-0.2, -0.15) is 0 Å². The average molecular weight is 354 g/mol. The molecule has 2 heterocycles. The lowest BCUT2D eigenvalue weighted by Gasteiger charge is -2.21. The van der Waals surface area contributed by atoms with E-state index in [1.165, 1.54) is 25.7 Å². The summed E-state index contributed by atoms with van der Waals surface area (Å²) in [5, 5.41) is 12.9. The largest absolute Gasteiger partial charge is 0.390 e. The first kappa shape index (κ1) is 16.5. The van der Waals surface area contributed by atoms with Crippen molar-refractivity contribution in [2.45, 2.75) is 19.6 Å². The van der Waals surface area contributed by atoms with Crippen molar-refractivity contribution in [2.24, 2.45) is 0 Å². The van der Waals surface area contributed by atoms with Crippen LogP contribution in [-0.2, 0) is 11.3 Å². The van der Waals surface area contributed by atoms with Crippen LogP contribution in [0.4, 0.5) is 0 Å². The Morgan fingerprint density at radius 3 is 2.76 bits per heavy atom. The summed E-state index contributed by atoms with van der Waals surface area (Å²) in [5.74, 6) is 0.0347. The topological polar surface area (TPSA) is 43.8 Å². The van der Waals surface area contributed by atoms with Crippen LogP contribution in [0.15, 0.2) is 42.5 Å². The van der Waals surface area contributed by atoms with Crippen molar-refractivity contribution >= 4 is 37.4 Å². The third-order valence-corrected chi connectivity index (χ3v) is 6.17. The van der Waals surface area contributed by atoms with E-state index in [9.17, 15) is 9.90 Å². The Balaban J connectivity index is 1.63. The monoisotopic (exact) mass is 354 g/mol. The van der Waals surface area contributed by atoms with Crippen molar-refractivity contribution < 1.29 is 9.90 Å². The highest BCUT2D eigenvalue weighted by molar-refractivity contribution is 7.26. The van der Waals surface area contributed by atoms with E-state index in [0.29, 0.717) is 19.6 Å². The van der Waals surface area contributed by atoms with Gasteiger partial charge in [0.25, 0.3) is 0 Å². The van der Waals surface area contributed by atoms with Gasteiger partial charge < -0.3 is 10.0 Å². The molecule has 1 fully saturated rings. The molecule has 3 aromatic rings. The van der Waals surface area contributed by atoms with E-state index in [1.54, 1.807) is 11.8 Å². The zero-order chi connectivity index (χ0) is 17.4. The van der Waals surface area contributed by atoms with Crippen LogP contribution in [0, 0.1) is 0 Å². The maximum absolute atomic E-state index is 11.6. The van der Waals surface area contributed by atoms with Crippen LogP contribution in [-0.4, -0.2) is 53.1 Å². The van der Waals surface area contributed by atoms with Crippen molar-refractivity contribution in [3.05, 3.63) is 48.0 Å². The molecule has 0 aliphatic carbocycles. The molecule has 130 valence electrons. The summed E-state index contributed by atoms with van der Waals surface area (Å²) < 4.78 is 2.63. The summed E-state index contributed by atoms with van der Waals surface area (Å²) >= 11 is 1.83. The summed E-state index contributed by atoms with van der Waals surface area (Å²) in [7, 11) is 0. The quantitative estimate of drug-likeness (QED) is 0.769. The van der Waals surface area contributed by atoms with Gasteiger partial charge in [0.05, 0.1) is 6.10 Å². The molecule has 0 radical (unpaired) electrons. The first-order valence-corrected chi connectivity index (χ1v) is 9.48. The third-order valence-electron chi connectivity index (χ3n) is 4.91. The minimum Gasteiger partial charge on any atom is -0.390 e. The minimum absolute atomic E-state index is 0.0347. The lowest BCUT2D eigenvalue weighted by atomic mass is 10.1. The number of carbonyl (C=O) groups is 1. The van der Waals surface area contributed by atoms with E-state index >= 15 is 0 Å². The van der Waals surface area contributed by atoms with Crippen molar-refractivity contribution in [1.29, 1.82) is 0 Å². The third kappa shape index (κ3) is 3.27. The molecule has 1 atom stereocenters. The Morgan fingerprint density at radius 2 is 1.92 bits per heavy atom. The molecule has 2 aromatic carbocycles. The fraction of sp³-hybridized carbons (Fsp3) is 0.350. The number of aliphatic hydroxyl groups excluding tert-OH is 1. The number of nitrogens with zero attached hydrogens (tertiary/aromatic N) is 2. The highest BCUT2D eigenvalue weighted by atomic mass is 32.1. The number of fused-ring (bicyclic) bond motifs is 3. The van der Waals surface area contributed by atoms with Crippen LogP contribution in [0.5, 0.6) is 0 Å². The predicted octanol–water partition coefficient (Wildman–Crippen LogP) is 3.08. The van der Waals surface area contributed by atoms with E-state index < -0.39 is 6.10 Å². The van der Waals surface area contributed by atoms with Gasteiger partial charge in [-0.25, -0.2) is 0 Å². The molecular formula is C20H22N2O2S. The fourth-order valence-corrected chi connectivity index (χ4v) is 4.86. The van der Waals surface area contributed by atoms with E-state index in [2.05, 4.69) is 47.4 Å². The van der Waals surface area contributed by atoms with E-state index in [4.69, 9.17) is 0 Å². The van der Waals surface area contributed by atoms with Crippen LogP contribution < -0.4 is 0 Å². The normalized spacial score (nSPS) is 19.4. The van der Waals surface area contributed by atoms with Gasteiger partial charge in [-0.05, 0) is 11.6 Å². The second kappa shape index (κ2) is 6.75. The van der Waals surface area contributed by atoms with Crippen LogP contribution in [0.3, 0.4) is 0 Å². The number of thiophene rings is 1. The molecule has 4 rings (SSSR count). The highest BCUT2D eigenvalue weighted by Gasteiger charge is 2.23. The molecule has 1 amide bonds. The van der Waals surface area contributed by atoms with Gasteiger partial charge in [0, 0.05) is 59.8 Å². The number of hydrogen-bond donors (Lipinski definition) is 1. The second-order valence-electron chi connectivity index (χ2n) is 6.75. The summed E-state index contributed by atoms with van der Waals surface area (Å²) in [4.78, 5) is 15.6. The number of benzene rings is 2. The molecule has 0 bridgehead atoms. The zero-order valence-electron chi connectivity index (χ0n) is 14.3. The summed E-state index contributed by atoms with van der Waals surface area (Å²) in [6.07, 6.45) is -0.493. The molecule has 1 aromatic heterocycles. The molecule has 1 N–H and O–H groups in total. The Morgan fingerprint density at radius 1 is 1.12 bits per heavy atom. The van der Waals surface area contributed by atoms with Gasteiger partial charge in [0.2, 0.25) is 5.91 Å². The number of amides is 1. The summed E-state index contributed by atoms with van der Waals surface area (Å²) in [6, 6.07) is 15.0. The standard InChI is InChI=1S/C20H22N2O2S/c1-14(23)22-10-9-21(12-16(24)13-22)11-15-5-4-7-18-17-6-2-3-8-19(17)25-20(15)18/h2-8,16,24H,9-13H2,1H3/t16-/m1/s1. The first-order chi connectivity index (χ1) is 12.1. The molecule has 0 spiro atoms. The van der Waals surface area contributed by atoms with Crippen LogP contribution >= 0.6 is 11.3 Å². The molecule has 25 heavy (non-hydrogen) atoms. The van der Waals surface area contributed by atoms with Gasteiger partial charge in [0.1, 0.15) is 0 Å². The Bertz CT molecular complexity index is 920. The van der Waals surface area contributed by atoms with Crippen molar-refractivity contribution in [1.82, 2.24) is 9.80 Å². The van der Waals surface area contributed by atoms with Gasteiger partial charge in [-0.15, -0.1) is 11.3 Å². The zero-order valence-corrected chi connectivity index (χ0v) is 15.1. The molecule has 1 aliphatic rings. The molecule has 1 aliphatic heterocycles. The number of hydrogen-bond acceptors (Lipinski definition) is 4. The number of carbonyl (C=O) groups excluding carboxylic acids is 1. The van der Waals surface area contributed by atoms with Crippen molar-refractivity contribution in [2.75, 3.05) is 26.2 Å². The maximum Gasteiger partial charge on any atom is 0.219 e. The summed E-state index contributed by atoms with van der Waals surface area (Å²) in [6.45, 7) is 4.87. The van der Waals surface area contributed by atoms with E-state index in [0.717, 1.165) is 13.1 Å². The predicted molar refractivity (Wildman–Crippen MR) is 103 cm³/mol. The lowest BCUT2D eigenvalue weighted by Crippen LogP contribution is -2.36. The average Bonchev–Trinajstić information content (AvgIpc) is 2.87. The summed E-state index contributed by atoms with van der Waals surface area (Å²) in [5.41, 5.74) is 1.29. The van der Waals surface area contributed by atoms with Crippen LogP contribution in [0.1, 0.15) is 12.5 Å². The number of aliphatic hydroxyl groups is 1. The molecule has 0 saturated carbocycles. The van der Waals surface area contributed by atoms with Gasteiger partial charge in [0.15, 0.2) is 0 Å². The smallest absolute Gasteiger partial charge is 0.219 e. The number of β-amino-alcohol motifs (C(OH)–C–C–N with tert-alkyl or cyclic N) is 1. The van der Waals surface area contributed by atoms with Gasteiger partial charge >= 0.3 is 0 Å². The Kier molecular flexibility index (Phi) is 4.46. The molecule has 0 unspecified atom stereocenters. The number of rotatable bonds is 2. The van der Waals surface area contributed by atoms with Gasteiger partial charge in [-0.3, -0.25) is 9.69 Å². The van der Waals surface area contributed by atoms with Crippen molar-refractivity contribution in [3.8, 4) is 0 Å². The lowest BCUT2D eigenvalue weighted by molar-refractivity contribution is -0.129. The van der Waals surface area contributed by atoms with Crippen LogP contribution in [0.2, 0.25) is 0 Å². The molecule has 4 nitrogen and oxygen atoms in total. The second-order valence-corrected chi connectivity index (χ2v) is 7.80. The highest BCUT2D eigenvalue weighted by Crippen LogP contribution is 2.36. The molecule has 1 saturated heterocycles. The Hall–Kier alpha value is -1.95. The fourth-order valence-electron chi connectivity index (χ4n) is 3.66. The van der Waals surface area contributed by atoms with Gasteiger partial charge in [-0.1, -0.05) is 36.4 Å². The molecule has 5 heteroatoms. The van der Waals surface area contributed by atoms with E-state index in [-0.39, 0.29) is 5.91 Å². The molecular weight excluding hydrogens is 332 g/mol. The minimum atomic E-state index is -0.493. The maximum atomic E-state index is 11.6. The van der Waals surface area contributed by atoms with E-state index in [1.807, 2.05) is 11.3 Å². The first-order valence-electron chi connectivity index (χ1n) is 8.67. The van der Waals surface area contributed by atoms with Crippen LogP contribution in [0.25, 0.3) is 20.2 Å². The van der Waals surface area contributed by atoms with Crippen molar-refractivity contribution in [3.63, 3.8) is 0 Å². The SMILES string of the molecule is CC(=O)N1CCN(Cc2cccc3c2sc2ccccc23)C[C@@H](O)C1.